The molecule has 412 valence electrons. The minimum absolute atomic E-state index is 0.00861. The molecule has 4 bridgehead atoms. The van der Waals surface area contributed by atoms with Gasteiger partial charge in [0.25, 0.3) is 0 Å². The minimum atomic E-state index is -0.873. The number of hydrogen-bond acceptors (Lipinski definition) is 9. The van der Waals surface area contributed by atoms with Crippen molar-refractivity contribution in [3.63, 3.8) is 0 Å². The number of carbonyl (C=O) groups is 2. The summed E-state index contributed by atoms with van der Waals surface area (Å²) in [7, 11) is 1.93. The van der Waals surface area contributed by atoms with E-state index in [9.17, 15) is 15.3 Å². The van der Waals surface area contributed by atoms with Crippen molar-refractivity contribution >= 4 is 17.3 Å². The molecular weight excluding hydrogens is 931 g/mol. The molecule has 18 atom stereocenters. The number of rotatable bonds is 12. The molecule has 7 fully saturated rings. The molecule has 9 heteroatoms. The molecule has 2 heterocycles. The van der Waals surface area contributed by atoms with Gasteiger partial charge < -0.3 is 36.4 Å². The van der Waals surface area contributed by atoms with Crippen LogP contribution < -0.4 is 16.4 Å². The maximum atomic E-state index is 15.9. The molecular formula is C66H97N3O6. The molecule has 9 nitrogen and oxygen atoms in total. The van der Waals surface area contributed by atoms with E-state index in [4.69, 9.17) is 10.5 Å². The molecule has 0 aromatic heterocycles. The first-order chi connectivity index (χ1) is 35.8. The van der Waals surface area contributed by atoms with Crippen LogP contribution in [0.3, 0.4) is 0 Å². The van der Waals surface area contributed by atoms with Crippen molar-refractivity contribution in [1.82, 2.24) is 10.6 Å². The fourth-order valence-corrected chi connectivity index (χ4v) is 20.8. The minimum Gasteiger partial charge on any atom is -0.508 e. The molecule has 2 aromatic carbocycles. The second-order valence-corrected chi connectivity index (χ2v) is 28.4. The van der Waals surface area contributed by atoms with Crippen LogP contribution in [0.1, 0.15) is 218 Å². The number of Topliss-reactive ketones (excluding diaryl/α,β-unsaturated/α-hetero) is 2. The number of hydrogen-bond donors (Lipinski definition) is 6. The van der Waals surface area contributed by atoms with E-state index in [0.717, 1.165) is 93.0 Å². The third-order valence-corrected chi connectivity index (χ3v) is 23.8. The van der Waals surface area contributed by atoms with Gasteiger partial charge in [-0.05, 0) is 203 Å². The van der Waals surface area contributed by atoms with E-state index < -0.39 is 22.7 Å². The number of ketones is 2. The molecule has 2 aliphatic heterocycles. The van der Waals surface area contributed by atoms with Crippen molar-refractivity contribution in [3.8, 4) is 5.75 Å². The molecule has 7 N–H and O–H groups in total. The standard InChI is InChI=1S/C66H97N3O6/c1-8-9-10-17-40-28-42-18-11-12-21-47(42)49(33-54(71)60-65(6,75-60)51-23-16-22-48(51)43-19-15-20-45(67)31-43)57-52-24-25-56-63(4)35-50(44-29-41(38-68-7)30-46(70)32-44)59(73)62(3)27-14-13-26-61(2,74)39-69-53(58(62)63)36-66(56,34-40)64(52,5)37-55(57)72/h15,19-20,29-32,40,42,47-51,53-54,56,58,60,68-71,74H,8-14,16-18,21-28,33-39,67H2,1-7H3. The molecule has 18 unspecified atom stereocenters. The van der Waals surface area contributed by atoms with Crippen LogP contribution in [0.15, 0.2) is 53.6 Å². The predicted molar refractivity (Wildman–Crippen MR) is 299 cm³/mol. The summed E-state index contributed by atoms with van der Waals surface area (Å²) in [5.74, 6) is 2.81. The fraction of sp³-hybridized carbons (Fsp3) is 0.758. The number of phenolic OH excluding ortho intramolecular Hbond substituents is 1. The number of benzene rings is 2. The first kappa shape index (κ1) is 53.9. The lowest BCUT2D eigenvalue weighted by Crippen LogP contribution is -2.71. The Labute approximate surface area is 451 Å². The lowest BCUT2D eigenvalue weighted by Gasteiger charge is -2.72. The molecule has 75 heavy (non-hydrogen) atoms. The van der Waals surface area contributed by atoms with Crippen LogP contribution in [0.2, 0.25) is 0 Å². The maximum absolute atomic E-state index is 15.9. The van der Waals surface area contributed by atoms with E-state index in [1.54, 1.807) is 0 Å². The Morgan fingerprint density at radius 2 is 1.69 bits per heavy atom. The van der Waals surface area contributed by atoms with Gasteiger partial charge in [0.2, 0.25) is 0 Å². The highest BCUT2D eigenvalue weighted by Crippen LogP contribution is 2.78. The van der Waals surface area contributed by atoms with Crippen molar-refractivity contribution in [1.29, 1.82) is 0 Å². The van der Waals surface area contributed by atoms with Crippen LogP contribution in [-0.4, -0.2) is 69.9 Å². The second kappa shape index (κ2) is 20.2. The van der Waals surface area contributed by atoms with Gasteiger partial charge in [0, 0.05) is 48.0 Å². The Morgan fingerprint density at radius 1 is 0.893 bits per heavy atom. The molecule has 9 aliphatic rings. The Kier molecular flexibility index (Phi) is 14.5. The van der Waals surface area contributed by atoms with E-state index >= 15 is 9.59 Å². The van der Waals surface area contributed by atoms with Gasteiger partial charge in [-0.3, -0.25) is 9.59 Å². The van der Waals surface area contributed by atoms with Crippen molar-refractivity contribution < 1.29 is 29.6 Å². The molecule has 0 radical (unpaired) electrons. The number of allylic oxidation sites excluding steroid dienone is 2. The molecule has 1 spiro atoms. The number of phenols is 1. The lowest BCUT2D eigenvalue weighted by atomic mass is 9.32. The fourth-order valence-electron chi connectivity index (χ4n) is 20.8. The molecule has 2 aromatic rings. The van der Waals surface area contributed by atoms with Crippen LogP contribution in [0.5, 0.6) is 5.75 Å². The molecule has 5 saturated carbocycles. The SMILES string of the molecule is CCCCCC1CC2CCCCC2C(CC(O)C2OC2(C)C2CCCC2c2cccc(N)c2)C2=C3CCC4C5(C)CC(c6cc(O)cc(CNC)c6)C(=O)C6(C)CCCCC(C)(O)CNC(CC4(C1)C3(C)CC2=O)C65. The molecule has 7 aliphatic carbocycles. The summed E-state index contributed by atoms with van der Waals surface area (Å²) in [6.45, 7) is 15.1. The van der Waals surface area contributed by atoms with Crippen molar-refractivity contribution in [2.45, 2.75) is 237 Å². The van der Waals surface area contributed by atoms with E-state index in [1.165, 1.54) is 62.5 Å². The van der Waals surface area contributed by atoms with Gasteiger partial charge in [-0.25, -0.2) is 0 Å². The molecule has 2 saturated heterocycles. The van der Waals surface area contributed by atoms with Crippen molar-refractivity contribution in [2.75, 3.05) is 19.3 Å². The number of aliphatic hydroxyl groups excluding tert-OH is 1. The lowest BCUT2D eigenvalue weighted by molar-refractivity contribution is -0.210. The van der Waals surface area contributed by atoms with Gasteiger partial charge in [0.05, 0.1) is 17.3 Å². The number of β-amino-alcohol motifs (C(OH)–C–C–N with tert-alkyl or cyclic N) is 1. The summed E-state index contributed by atoms with van der Waals surface area (Å²) >= 11 is 0. The average molecular weight is 1030 g/mol. The van der Waals surface area contributed by atoms with E-state index in [2.05, 4.69) is 69.5 Å². The third-order valence-electron chi connectivity index (χ3n) is 23.8. The zero-order valence-corrected chi connectivity index (χ0v) is 47.3. The number of unbranched alkanes of at least 4 members (excludes halogenated alkanes) is 2. The van der Waals surface area contributed by atoms with Gasteiger partial charge >= 0.3 is 0 Å². The number of nitrogens with one attached hydrogen (secondary N) is 2. The van der Waals surface area contributed by atoms with Gasteiger partial charge in [0.1, 0.15) is 17.6 Å². The summed E-state index contributed by atoms with van der Waals surface area (Å²) in [5.41, 5.74) is 10.0. The van der Waals surface area contributed by atoms with Crippen LogP contribution in [0.25, 0.3) is 0 Å². The molecule has 11 rings (SSSR count). The number of nitrogen functional groups attached to an aromatic ring is 1. The quantitative estimate of drug-likeness (QED) is 0.0692. The average Bonchev–Trinajstić information content (AvgIpc) is 3.69. The van der Waals surface area contributed by atoms with Gasteiger partial charge in [-0.1, -0.05) is 116 Å². The largest absolute Gasteiger partial charge is 0.508 e. The first-order valence-electron chi connectivity index (χ1n) is 30.7. The van der Waals surface area contributed by atoms with Gasteiger partial charge in [-0.2, -0.15) is 0 Å². The number of aromatic hydroxyl groups is 1. The summed E-state index contributed by atoms with van der Waals surface area (Å²) in [5, 5.41) is 43.7. The number of carbonyl (C=O) groups excluding carboxylic acids is 2. The normalized spacial score (nSPS) is 44.1. The van der Waals surface area contributed by atoms with Crippen LogP contribution >= 0.6 is 0 Å². The maximum Gasteiger partial charge on any atom is 0.160 e. The Balaban J connectivity index is 1.03. The molecule has 0 amide bonds. The highest BCUT2D eigenvalue weighted by atomic mass is 16.6. The summed E-state index contributed by atoms with van der Waals surface area (Å²) in [6, 6.07) is 14.3. The second-order valence-electron chi connectivity index (χ2n) is 28.4. The Hall–Kier alpha value is -3.08. The van der Waals surface area contributed by atoms with E-state index in [-0.39, 0.29) is 57.8 Å². The van der Waals surface area contributed by atoms with E-state index in [0.29, 0.717) is 79.9 Å². The Morgan fingerprint density at radius 3 is 2.48 bits per heavy atom. The Bertz CT molecular complexity index is 2500. The monoisotopic (exact) mass is 1030 g/mol. The summed E-state index contributed by atoms with van der Waals surface area (Å²) < 4.78 is 6.84. The van der Waals surface area contributed by atoms with Crippen molar-refractivity contribution in [3.05, 3.63) is 70.3 Å². The smallest absolute Gasteiger partial charge is 0.160 e. The number of ether oxygens (including phenoxy) is 1. The van der Waals surface area contributed by atoms with Crippen LogP contribution in [-0.2, 0) is 20.9 Å². The first-order valence-corrected chi connectivity index (χ1v) is 30.7. The predicted octanol–water partition coefficient (Wildman–Crippen LogP) is 12.6. The number of nitrogens with two attached hydrogens (primary N) is 1. The zero-order chi connectivity index (χ0) is 52.9. The number of fused-ring (bicyclic) bond motifs is 2. The van der Waals surface area contributed by atoms with E-state index in [1.807, 2.05) is 32.2 Å². The van der Waals surface area contributed by atoms with Crippen molar-refractivity contribution in [2.24, 2.45) is 63.1 Å². The van der Waals surface area contributed by atoms with Crippen LogP contribution in [0, 0.1) is 63.1 Å². The number of aliphatic hydroxyl groups is 2. The van der Waals surface area contributed by atoms with Gasteiger partial charge in [-0.15, -0.1) is 0 Å². The highest BCUT2D eigenvalue weighted by molar-refractivity contribution is 6.01. The topological polar surface area (TPSA) is 157 Å². The van der Waals surface area contributed by atoms with Crippen LogP contribution in [0.4, 0.5) is 5.69 Å². The van der Waals surface area contributed by atoms with Gasteiger partial charge in [0.15, 0.2) is 5.78 Å². The highest BCUT2D eigenvalue weighted by Gasteiger charge is 2.74. The number of epoxide rings is 1. The summed E-state index contributed by atoms with van der Waals surface area (Å²) in [4.78, 5) is 31.8. The summed E-state index contributed by atoms with van der Waals surface area (Å²) in [6.07, 6.45) is 22.0. The number of anilines is 1. The third kappa shape index (κ3) is 9.15. The zero-order valence-electron chi connectivity index (χ0n) is 47.3.